The number of anilines is 2. The van der Waals surface area contributed by atoms with Crippen molar-refractivity contribution in [3.8, 4) is 0 Å². The Morgan fingerprint density at radius 3 is 2.61 bits per heavy atom. The fourth-order valence-corrected chi connectivity index (χ4v) is 3.09. The molecule has 0 atom stereocenters. The Hall–Kier alpha value is -4.27. The standard InChI is InChI=1S/C22H21N7O2/c1-29(2)22(31)26-17-10-15(12-24-13-17)14-4-3-5-19-18(11-14)20(28-27-19)21(30)25-16-6-8-23-9-7-16/h4-13,27H,3H2,1-2H3,(H,26,31)(H,23,25,30). The Morgan fingerprint density at radius 2 is 1.84 bits per heavy atom. The van der Waals surface area contributed by atoms with Gasteiger partial charge in [0.05, 0.1) is 17.2 Å². The van der Waals surface area contributed by atoms with Crippen molar-refractivity contribution in [2.24, 2.45) is 0 Å². The maximum absolute atomic E-state index is 12.8. The third-order valence-corrected chi connectivity index (χ3v) is 4.68. The number of nitrogens with zero attached hydrogens (tertiary/aromatic N) is 4. The van der Waals surface area contributed by atoms with Gasteiger partial charge in [0.1, 0.15) is 0 Å². The quantitative estimate of drug-likeness (QED) is 0.599. The summed E-state index contributed by atoms with van der Waals surface area (Å²) in [6.07, 6.45) is 13.1. The second-order valence-electron chi connectivity index (χ2n) is 7.12. The van der Waals surface area contributed by atoms with Crippen LogP contribution < -0.4 is 21.2 Å². The molecule has 3 N–H and O–H groups in total. The lowest BCUT2D eigenvalue weighted by Gasteiger charge is -2.12. The smallest absolute Gasteiger partial charge is 0.321 e. The molecule has 3 aromatic heterocycles. The van der Waals surface area contributed by atoms with E-state index in [2.05, 4.69) is 30.8 Å². The first-order chi connectivity index (χ1) is 15.0. The third kappa shape index (κ3) is 4.50. The third-order valence-electron chi connectivity index (χ3n) is 4.68. The highest BCUT2D eigenvalue weighted by Gasteiger charge is 2.15. The zero-order chi connectivity index (χ0) is 21.8. The van der Waals surface area contributed by atoms with Crippen molar-refractivity contribution in [2.45, 2.75) is 6.42 Å². The summed E-state index contributed by atoms with van der Waals surface area (Å²) in [6, 6.07) is 5.03. The number of amides is 3. The van der Waals surface area contributed by atoms with Gasteiger partial charge in [0.25, 0.3) is 5.91 Å². The van der Waals surface area contributed by atoms with E-state index in [0.29, 0.717) is 28.7 Å². The molecule has 0 saturated carbocycles. The average Bonchev–Trinajstić information content (AvgIpc) is 3.04. The molecule has 4 rings (SSSR count). The van der Waals surface area contributed by atoms with Gasteiger partial charge in [-0.25, -0.2) is 4.79 Å². The topological polar surface area (TPSA) is 116 Å². The van der Waals surface area contributed by atoms with E-state index in [-0.39, 0.29) is 11.9 Å². The molecule has 156 valence electrons. The van der Waals surface area contributed by atoms with Crippen LogP contribution in [0, 0.1) is 0 Å². The summed E-state index contributed by atoms with van der Waals surface area (Å²) in [5.41, 5.74) is 3.21. The van der Waals surface area contributed by atoms with Crippen LogP contribution in [-0.2, 0) is 0 Å². The number of urea groups is 1. The summed E-state index contributed by atoms with van der Waals surface area (Å²) >= 11 is 0. The molecule has 3 amide bonds. The number of aromatic nitrogens is 4. The zero-order valence-corrected chi connectivity index (χ0v) is 17.1. The van der Waals surface area contributed by atoms with Crippen LogP contribution in [0.15, 0.2) is 49.1 Å². The summed E-state index contributed by atoms with van der Waals surface area (Å²) in [5, 5.41) is 14.2. The van der Waals surface area contributed by atoms with E-state index in [4.69, 9.17) is 0 Å². The molecule has 0 bridgehead atoms. The van der Waals surface area contributed by atoms with Gasteiger partial charge in [0.15, 0.2) is 5.69 Å². The summed E-state index contributed by atoms with van der Waals surface area (Å²) in [4.78, 5) is 34.4. The Labute approximate surface area is 178 Å². The number of fused-ring (bicyclic) bond motifs is 1. The van der Waals surface area contributed by atoms with Gasteiger partial charge in [-0.2, -0.15) is 5.10 Å². The molecule has 9 nitrogen and oxygen atoms in total. The maximum atomic E-state index is 12.8. The first kappa shape index (κ1) is 20.0. The molecule has 3 aromatic rings. The van der Waals surface area contributed by atoms with Crippen LogP contribution in [0.4, 0.5) is 16.2 Å². The molecule has 1 aliphatic rings. The van der Waals surface area contributed by atoms with E-state index in [9.17, 15) is 9.59 Å². The molecule has 0 unspecified atom stereocenters. The van der Waals surface area contributed by atoms with Crippen molar-refractivity contribution in [1.82, 2.24) is 25.1 Å². The van der Waals surface area contributed by atoms with Crippen LogP contribution in [-0.4, -0.2) is 51.1 Å². The number of nitrogens with one attached hydrogen (secondary N) is 3. The van der Waals surface area contributed by atoms with E-state index in [0.717, 1.165) is 16.5 Å². The number of rotatable bonds is 4. The van der Waals surface area contributed by atoms with Crippen LogP contribution in [0.1, 0.15) is 22.5 Å². The van der Waals surface area contributed by atoms with Gasteiger partial charge in [-0.3, -0.25) is 19.9 Å². The number of pyridine rings is 2. The number of carbonyl (C=O) groups is 2. The molecule has 0 spiro atoms. The summed E-state index contributed by atoms with van der Waals surface area (Å²) in [6.45, 7) is 0. The first-order valence-electron chi connectivity index (χ1n) is 9.63. The van der Waals surface area contributed by atoms with Crippen molar-refractivity contribution >= 4 is 41.0 Å². The van der Waals surface area contributed by atoms with Crippen molar-refractivity contribution in [3.63, 3.8) is 0 Å². The van der Waals surface area contributed by atoms with Crippen LogP contribution in [0.5, 0.6) is 0 Å². The summed E-state index contributed by atoms with van der Waals surface area (Å²) in [5.74, 6) is -0.320. The number of H-pyrrole nitrogens is 1. The highest BCUT2D eigenvalue weighted by atomic mass is 16.2. The normalized spacial score (nSPS) is 12.4. The Balaban J connectivity index is 1.66. The Morgan fingerprint density at radius 1 is 1.03 bits per heavy atom. The highest BCUT2D eigenvalue weighted by Crippen LogP contribution is 2.20. The first-order valence-corrected chi connectivity index (χ1v) is 9.63. The van der Waals surface area contributed by atoms with Gasteiger partial charge in [0, 0.05) is 49.2 Å². The largest absolute Gasteiger partial charge is 0.331 e. The maximum Gasteiger partial charge on any atom is 0.321 e. The molecule has 9 heteroatoms. The van der Waals surface area contributed by atoms with E-state index in [1.165, 1.54) is 4.90 Å². The second kappa shape index (κ2) is 8.62. The van der Waals surface area contributed by atoms with Crippen LogP contribution >= 0.6 is 0 Å². The van der Waals surface area contributed by atoms with E-state index in [1.54, 1.807) is 51.0 Å². The molecule has 1 aliphatic carbocycles. The molecular weight excluding hydrogens is 394 g/mol. The number of hydrogen-bond donors (Lipinski definition) is 3. The van der Waals surface area contributed by atoms with Gasteiger partial charge in [-0.05, 0) is 36.3 Å². The molecule has 31 heavy (non-hydrogen) atoms. The highest BCUT2D eigenvalue weighted by molar-refractivity contribution is 6.04. The van der Waals surface area contributed by atoms with Gasteiger partial charge >= 0.3 is 6.03 Å². The van der Waals surface area contributed by atoms with Crippen LogP contribution in [0.25, 0.3) is 17.7 Å². The molecule has 0 aliphatic heterocycles. The predicted octanol–water partition coefficient (Wildman–Crippen LogP) is 1.59. The molecule has 0 saturated heterocycles. The monoisotopic (exact) mass is 415 g/mol. The fraction of sp³-hybridized carbons (Fsp3) is 0.136. The number of aromatic amines is 1. The SMILES string of the molecule is CN(C)C(=O)Nc1cncc(C2=CCC=c3[nH]nc(C(=O)Nc4ccncc4)c3=C2)c1. The molecule has 0 fully saturated rings. The average molecular weight is 415 g/mol. The van der Waals surface area contributed by atoms with Gasteiger partial charge < -0.3 is 15.5 Å². The zero-order valence-electron chi connectivity index (χ0n) is 17.1. The van der Waals surface area contributed by atoms with Crippen molar-refractivity contribution in [2.75, 3.05) is 24.7 Å². The minimum Gasteiger partial charge on any atom is -0.331 e. The van der Waals surface area contributed by atoms with Gasteiger partial charge in [-0.15, -0.1) is 0 Å². The number of allylic oxidation sites excluding steroid dienone is 2. The van der Waals surface area contributed by atoms with E-state index >= 15 is 0 Å². The Kier molecular flexibility index (Phi) is 5.57. The number of carbonyl (C=O) groups excluding carboxylic acids is 2. The molecular formula is C22H21N7O2. The van der Waals surface area contributed by atoms with Gasteiger partial charge in [0.2, 0.25) is 0 Å². The molecule has 0 aromatic carbocycles. The molecule has 3 heterocycles. The minimum atomic E-state index is -0.320. The predicted molar refractivity (Wildman–Crippen MR) is 118 cm³/mol. The lowest BCUT2D eigenvalue weighted by molar-refractivity contribution is 0.102. The lowest BCUT2D eigenvalue weighted by Crippen LogP contribution is -2.29. The lowest BCUT2D eigenvalue weighted by atomic mass is 10.1. The van der Waals surface area contributed by atoms with Gasteiger partial charge in [-0.1, -0.05) is 12.2 Å². The molecule has 0 radical (unpaired) electrons. The second-order valence-corrected chi connectivity index (χ2v) is 7.12. The van der Waals surface area contributed by atoms with Crippen molar-refractivity contribution in [3.05, 3.63) is 70.9 Å². The Bertz CT molecular complexity index is 1280. The van der Waals surface area contributed by atoms with E-state index < -0.39 is 0 Å². The van der Waals surface area contributed by atoms with E-state index in [1.807, 2.05) is 24.3 Å². The summed E-state index contributed by atoms with van der Waals surface area (Å²) in [7, 11) is 3.34. The number of hydrogen-bond acceptors (Lipinski definition) is 5. The minimum absolute atomic E-state index is 0.238. The van der Waals surface area contributed by atoms with Crippen LogP contribution in [0.3, 0.4) is 0 Å². The summed E-state index contributed by atoms with van der Waals surface area (Å²) < 4.78 is 0. The van der Waals surface area contributed by atoms with Crippen molar-refractivity contribution in [1.29, 1.82) is 0 Å². The fourth-order valence-electron chi connectivity index (χ4n) is 3.09. The van der Waals surface area contributed by atoms with Crippen molar-refractivity contribution < 1.29 is 9.59 Å². The van der Waals surface area contributed by atoms with Crippen LogP contribution in [0.2, 0.25) is 0 Å².